The van der Waals surface area contributed by atoms with E-state index in [9.17, 15) is 10.2 Å². The number of hydrogen-bond acceptors (Lipinski definition) is 5. The minimum atomic E-state index is -0.237. The predicted octanol–water partition coefficient (Wildman–Crippen LogP) is 14.1. The van der Waals surface area contributed by atoms with Gasteiger partial charge in [0.25, 0.3) is 0 Å². The summed E-state index contributed by atoms with van der Waals surface area (Å²) in [5.41, 5.74) is 0. The molecule has 0 bridgehead atoms. The molecule has 0 radical (unpaired) electrons. The van der Waals surface area contributed by atoms with Gasteiger partial charge >= 0.3 is 0 Å². The summed E-state index contributed by atoms with van der Waals surface area (Å²) in [6, 6.07) is 0. The topological polar surface area (TPSA) is 62.2 Å². The molecule has 5 heteroatoms. The van der Waals surface area contributed by atoms with Crippen LogP contribution in [-0.4, -0.2) is 66.0 Å². The van der Waals surface area contributed by atoms with E-state index in [1.54, 1.807) is 0 Å². The van der Waals surface area contributed by atoms with Gasteiger partial charge in [0, 0.05) is 13.2 Å². The Kier molecular flexibility index (Phi) is 37.1. The molecule has 1 aliphatic heterocycles. The zero-order valence-corrected chi connectivity index (χ0v) is 36.6. The molecule has 318 valence electrons. The second-order valence-corrected chi connectivity index (χ2v) is 17.4. The molecule has 3 atom stereocenters. The van der Waals surface area contributed by atoms with Crippen LogP contribution in [0, 0.1) is 5.92 Å². The van der Waals surface area contributed by atoms with Crippen molar-refractivity contribution in [3.8, 4) is 0 Å². The van der Waals surface area contributed by atoms with Gasteiger partial charge in [-0.2, -0.15) is 0 Å². The van der Waals surface area contributed by atoms with Crippen LogP contribution < -0.4 is 0 Å². The Morgan fingerprint density at radius 1 is 0.472 bits per heavy atom. The highest BCUT2D eigenvalue weighted by Gasteiger charge is 2.29. The fourth-order valence-corrected chi connectivity index (χ4v) is 8.60. The zero-order valence-electron chi connectivity index (χ0n) is 36.6. The zero-order chi connectivity index (χ0) is 38.5. The maximum absolute atomic E-state index is 11.1. The lowest BCUT2D eigenvalue weighted by Gasteiger charge is -2.36. The number of nitrogens with zero attached hydrogens (tertiary/aromatic N) is 1. The van der Waals surface area contributed by atoms with Crippen LogP contribution in [0.2, 0.25) is 0 Å². The van der Waals surface area contributed by atoms with Gasteiger partial charge in [0.05, 0.1) is 18.3 Å². The summed E-state index contributed by atoms with van der Waals surface area (Å²) in [6.07, 6.45) is 44.9. The first-order valence-corrected chi connectivity index (χ1v) is 24.4. The Morgan fingerprint density at radius 3 is 1.38 bits per heavy atom. The van der Waals surface area contributed by atoms with E-state index >= 15 is 0 Å². The molecule has 2 unspecified atom stereocenters. The Balaban J connectivity index is 2.46. The van der Waals surface area contributed by atoms with Crippen molar-refractivity contribution in [3.05, 3.63) is 0 Å². The van der Waals surface area contributed by atoms with Gasteiger partial charge < -0.3 is 24.6 Å². The molecule has 1 rings (SSSR count). The van der Waals surface area contributed by atoms with Gasteiger partial charge in [-0.1, -0.05) is 195 Å². The van der Waals surface area contributed by atoms with E-state index in [4.69, 9.17) is 9.47 Å². The summed E-state index contributed by atoms with van der Waals surface area (Å²) in [7, 11) is 0. The summed E-state index contributed by atoms with van der Waals surface area (Å²) < 4.78 is 13.1. The molecule has 1 aliphatic rings. The number of rotatable bonds is 41. The number of unbranched alkanes of at least 4 members (excludes halogenated alkanes) is 20. The Hall–Kier alpha value is -0.200. The minimum absolute atomic E-state index is 0.0168. The van der Waals surface area contributed by atoms with Crippen molar-refractivity contribution >= 4 is 0 Å². The van der Waals surface area contributed by atoms with Gasteiger partial charge in [0.1, 0.15) is 0 Å². The molecule has 0 amide bonds. The second kappa shape index (κ2) is 38.7. The number of hydrogen-bond donors (Lipinski definition) is 2. The molecule has 53 heavy (non-hydrogen) atoms. The van der Waals surface area contributed by atoms with Crippen LogP contribution in [0.4, 0.5) is 0 Å². The lowest BCUT2D eigenvalue weighted by atomic mass is 9.89. The third-order valence-electron chi connectivity index (χ3n) is 12.1. The first-order valence-electron chi connectivity index (χ1n) is 24.4. The molecule has 0 saturated carbocycles. The van der Waals surface area contributed by atoms with E-state index < -0.39 is 0 Å². The molecule has 2 N–H and O–H groups in total. The van der Waals surface area contributed by atoms with E-state index in [0.717, 1.165) is 64.1 Å². The SMILES string of the molecule is CCCCCCCC(CCCCCCC)CCC[C@H](O)CN(CCCCO)CCCCCCC1OC(CCCCCCC)CC(CCCCCCC)O1. The Morgan fingerprint density at radius 2 is 0.887 bits per heavy atom. The molecule has 0 aromatic carbocycles. The minimum Gasteiger partial charge on any atom is -0.396 e. The van der Waals surface area contributed by atoms with Crippen LogP contribution in [0.3, 0.4) is 0 Å². The molecule has 0 aromatic heterocycles. The molecule has 1 heterocycles. The first kappa shape index (κ1) is 50.8. The first-order chi connectivity index (χ1) is 26.1. The second-order valence-electron chi connectivity index (χ2n) is 17.4. The van der Waals surface area contributed by atoms with Crippen LogP contribution in [0.1, 0.15) is 252 Å². The highest BCUT2D eigenvalue weighted by molar-refractivity contribution is 4.74. The largest absolute Gasteiger partial charge is 0.396 e. The Bertz CT molecular complexity index is 686. The maximum Gasteiger partial charge on any atom is 0.158 e. The van der Waals surface area contributed by atoms with Crippen LogP contribution in [0.15, 0.2) is 0 Å². The van der Waals surface area contributed by atoms with Crippen LogP contribution >= 0.6 is 0 Å². The van der Waals surface area contributed by atoms with Gasteiger partial charge in [-0.05, 0) is 76.8 Å². The molecule has 0 aromatic rings. The van der Waals surface area contributed by atoms with Crippen LogP contribution in [-0.2, 0) is 9.47 Å². The number of aliphatic hydroxyl groups excluding tert-OH is 2. The van der Waals surface area contributed by atoms with Crippen molar-refractivity contribution in [1.82, 2.24) is 4.90 Å². The van der Waals surface area contributed by atoms with Crippen molar-refractivity contribution in [1.29, 1.82) is 0 Å². The fraction of sp³-hybridized carbons (Fsp3) is 1.00. The van der Waals surface area contributed by atoms with E-state index in [-0.39, 0.29) is 19.0 Å². The molecule has 1 saturated heterocycles. The van der Waals surface area contributed by atoms with Crippen molar-refractivity contribution in [2.24, 2.45) is 5.92 Å². The van der Waals surface area contributed by atoms with E-state index in [1.807, 2.05) is 0 Å². The number of aliphatic hydroxyl groups is 2. The molecular weight excluding hydrogens is 655 g/mol. The van der Waals surface area contributed by atoms with Gasteiger partial charge in [0.15, 0.2) is 6.29 Å². The summed E-state index contributed by atoms with van der Waals surface area (Å²) in [5, 5.41) is 20.5. The van der Waals surface area contributed by atoms with Crippen molar-refractivity contribution in [2.45, 2.75) is 277 Å². The van der Waals surface area contributed by atoms with Gasteiger partial charge in [-0.25, -0.2) is 0 Å². The van der Waals surface area contributed by atoms with E-state index in [0.29, 0.717) is 12.2 Å². The highest BCUT2D eigenvalue weighted by Crippen LogP contribution is 2.29. The average Bonchev–Trinajstić information content (AvgIpc) is 3.15. The molecule has 1 fully saturated rings. The average molecular weight is 752 g/mol. The summed E-state index contributed by atoms with van der Waals surface area (Å²) in [6.45, 7) is 12.3. The van der Waals surface area contributed by atoms with Crippen molar-refractivity contribution < 1.29 is 19.7 Å². The molecule has 0 spiro atoms. The normalized spacial score (nSPS) is 18.5. The van der Waals surface area contributed by atoms with Gasteiger partial charge in [0.2, 0.25) is 0 Å². The van der Waals surface area contributed by atoms with E-state index in [2.05, 4.69) is 32.6 Å². The molecule has 5 nitrogen and oxygen atoms in total. The predicted molar refractivity (Wildman–Crippen MR) is 231 cm³/mol. The molecule has 0 aliphatic carbocycles. The quantitative estimate of drug-likeness (QED) is 0.0609. The van der Waals surface area contributed by atoms with Gasteiger partial charge in [-0.3, -0.25) is 0 Å². The standard InChI is InChI=1S/C48H97NO4/c1-5-9-13-17-23-32-44(33-24-18-14-10-6-2)34-31-35-45(51)43-49(40-29-30-41-50)39-28-22-21-27-38-48-52-46(36-25-19-15-11-7-3)42-47(53-48)37-26-20-16-12-8-4/h44-48,50-51H,5-43H2,1-4H3/t45-,46?,47?,48?/m0/s1. The lowest BCUT2D eigenvalue weighted by Crippen LogP contribution is -2.38. The van der Waals surface area contributed by atoms with Crippen molar-refractivity contribution in [3.63, 3.8) is 0 Å². The third kappa shape index (κ3) is 31.6. The smallest absolute Gasteiger partial charge is 0.158 e. The van der Waals surface area contributed by atoms with Crippen molar-refractivity contribution in [2.75, 3.05) is 26.2 Å². The molecular formula is C48H97NO4. The highest BCUT2D eigenvalue weighted by atomic mass is 16.7. The lowest BCUT2D eigenvalue weighted by molar-refractivity contribution is -0.247. The van der Waals surface area contributed by atoms with Crippen LogP contribution in [0.5, 0.6) is 0 Å². The Labute approximate surface area is 332 Å². The monoisotopic (exact) mass is 752 g/mol. The summed E-state index contributed by atoms with van der Waals surface area (Å²) in [5.74, 6) is 0.846. The summed E-state index contributed by atoms with van der Waals surface area (Å²) >= 11 is 0. The summed E-state index contributed by atoms with van der Waals surface area (Å²) in [4.78, 5) is 2.49. The van der Waals surface area contributed by atoms with Crippen LogP contribution in [0.25, 0.3) is 0 Å². The fourth-order valence-electron chi connectivity index (χ4n) is 8.60. The maximum atomic E-state index is 11.1. The van der Waals surface area contributed by atoms with Gasteiger partial charge in [-0.15, -0.1) is 0 Å². The van der Waals surface area contributed by atoms with E-state index in [1.165, 1.54) is 186 Å². The third-order valence-corrected chi connectivity index (χ3v) is 12.1. The number of ether oxygens (including phenoxy) is 2.